The highest BCUT2D eigenvalue weighted by atomic mass is 79.9. The molecule has 2 aromatic rings. The van der Waals surface area contributed by atoms with Crippen molar-refractivity contribution in [3.05, 3.63) is 58.3 Å². The van der Waals surface area contributed by atoms with Crippen LogP contribution in [-0.2, 0) is 0 Å². The lowest BCUT2D eigenvalue weighted by Gasteiger charge is -2.11. The quantitative estimate of drug-likeness (QED) is 0.425. The lowest BCUT2D eigenvalue weighted by molar-refractivity contribution is 0.102. The fraction of sp³-hybridized carbons (Fsp3) is 0.429. The molecule has 3 rings (SSSR count). The topological polar surface area (TPSA) is 42.0 Å². The maximum atomic E-state index is 12.6. The highest BCUT2D eigenvalue weighted by molar-refractivity contribution is 9.10. The van der Waals surface area contributed by atoms with E-state index in [1.807, 2.05) is 12.1 Å². The first-order valence-electron chi connectivity index (χ1n) is 9.21. The fourth-order valence-electron chi connectivity index (χ4n) is 3.46. The van der Waals surface area contributed by atoms with Crippen LogP contribution in [-0.4, -0.2) is 10.9 Å². The van der Waals surface area contributed by atoms with Gasteiger partial charge in [0.2, 0.25) is 0 Å². The Balaban J connectivity index is 1.64. The smallest absolute Gasteiger partial charge is 0.258 e. The van der Waals surface area contributed by atoms with Crippen LogP contribution in [0.3, 0.4) is 0 Å². The minimum absolute atomic E-state index is 0.118. The van der Waals surface area contributed by atoms with Crippen LogP contribution in [0, 0.1) is 5.92 Å². The summed E-state index contributed by atoms with van der Waals surface area (Å²) in [5.41, 5.74) is 2.77. The number of rotatable bonds is 8. The number of hydrogen-bond donors (Lipinski definition) is 1. The van der Waals surface area contributed by atoms with Crippen LogP contribution in [0.25, 0.3) is 0 Å². The van der Waals surface area contributed by atoms with Crippen molar-refractivity contribution in [1.82, 2.24) is 4.98 Å². The molecule has 1 aromatic carbocycles. The van der Waals surface area contributed by atoms with Crippen LogP contribution in [0.15, 0.2) is 47.2 Å². The van der Waals surface area contributed by atoms with Crippen molar-refractivity contribution in [2.45, 2.75) is 51.4 Å². The van der Waals surface area contributed by atoms with Gasteiger partial charge in [-0.1, -0.05) is 50.8 Å². The number of carbonyl (C=O) groups is 1. The molecule has 2 unspecified atom stereocenters. The normalized spacial score (nSPS) is 18.8. The number of carbonyl (C=O) groups excluding carboxylic acids is 1. The van der Waals surface area contributed by atoms with E-state index in [1.54, 1.807) is 18.3 Å². The molecule has 25 heavy (non-hydrogen) atoms. The van der Waals surface area contributed by atoms with E-state index in [0.717, 1.165) is 11.6 Å². The molecule has 0 radical (unpaired) electrons. The lowest BCUT2D eigenvalue weighted by atomic mass is 10.0. The van der Waals surface area contributed by atoms with Gasteiger partial charge in [0, 0.05) is 11.9 Å². The molecule has 1 N–H and O–H groups in total. The van der Waals surface area contributed by atoms with Crippen LogP contribution in [0.5, 0.6) is 0 Å². The van der Waals surface area contributed by atoms with E-state index in [4.69, 9.17) is 0 Å². The summed E-state index contributed by atoms with van der Waals surface area (Å²) in [7, 11) is 0. The molecule has 1 aliphatic carbocycles. The predicted octanol–water partition coefficient (Wildman–Crippen LogP) is 6.17. The zero-order valence-corrected chi connectivity index (χ0v) is 16.3. The number of nitrogens with one attached hydrogen (secondary N) is 1. The van der Waals surface area contributed by atoms with E-state index < -0.39 is 0 Å². The number of para-hydroxylation sites is 1. The first-order valence-corrected chi connectivity index (χ1v) is 10.0. The molecule has 0 spiro atoms. The number of pyridine rings is 1. The summed E-state index contributed by atoms with van der Waals surface area (Å²) in [6.45, 7) is 2.25. The molecule has 4 heteroatoms. The van der Waals surface area contributed by atoms with Crippen LogP contribution in [0.4, 0.5) is 5.69 Å². The van der Waals surface area contributed by atoms with Gasteiger partial charge in [-0.15, -0.1) is 0 Å². The third-order valence-corrected chi connectivity index (χ3v) is 5.60. The maximum absolute atomic E-state index is 12.6. The Kier molecular flexibility index (Phi) is 6.24. The number of nitrogens with zero attached hydrogens (tertiary/aromatic N) is 1. The highest BCUT2D eigenvalue weighted by Gasteiger charge is 2.38. The summed E-state index contributed by atoms with van der Waals surface area (Å²) in [6, 6.07) is 11.8. The van der Waals surface area contributed by atoms with E-state index in [-0.39, 0.29) is 5.91 Å². The number of benzene rings is 1. The van der Waals surface area contributed by atoms with E-state index in [1.165, 1.54) is 44.1 Å². The van der Waals surface area contributed by atoms with Crippen molar-refractivity contribution in [3.8, 4) is 0 Å². The summed E-state index contributed by atoms with van der Waals surface area (Å²) in [6.07, 6.45) is 9.51. The fourth-order valence-corrected chi connectivity index (χ4v) is 3.89. The first kappa shape index (κ1) is 18.1. The highest BCUT2D eigenvalue weighted by Crippen LogP contribution is 2.52. The Hall–Kier alpha value is -1.68. The van der Waals surface area contributed by atoms with E-state index in [0.29, 0.717) is 16.1 Å². The minimum atomic E-state index is -0.118. The van der Waals surface area contributed by atoms with E-state index >= 15 is 0 Å². The van der Waals surface area contributed by atoms with Gasteiger partial charge < -0.3 is 5.32 Å². The molecular formula is C21H25BrN2O. The van der Waals surface area contributed by atoms with E-state index in [2.05, 4.69) is 45.3 Å². The van der Waals surface area contributed by atoms with Crippen LogP contribution in [0.2, 0.25) is 0 Å². The van der Waals surface area contributed by atoms with Crippen LogP contribution < -0.4 is 5.32 Å². The summed E-state index contributed by atoms with van der Waals surface area (Å²) >= 11 is 3.35. The first-order chi connectivity index (χ1) is 12.2. The molecule has 1 amide bonds. The molecule has 1 saturated carbocycles. The van der Waals surface area contributed by atoms with Gasteiger partial charge in [0.15, 0.2) is 0 Å². The molecule has 1 aromatic heterocycles. The second-order valence-corrected chi connectivity index (χ2v) is 7.59. The average molecular weight is 401 g/mol. The maximum Gasteiger partial charge on any atom is 0.258 e. The second-order valence-electron chi connectivity index (χ2n) is 6.83. The molecule has 1 fully saturated rings. The Morgan fingerprint density at radius 3 is 2.84 bits per heavy atom. The number of hydrogen-bond acceptors (Lipinski definition) is 2. The monoisotopic (exact) mass is 400 g/mol. The van der Waals surface area contributed by atoms with Crippen molar-refractivity contribution in [1.29, 1.82) is 0 Å². The Morgan fingerprint density at radius 1 is 1.20 bits per heavy atom. The van der Waals surface area contributed by atoms with Gasteiger partial charge in [0.25, 0.3) is 5.91 Å². The summed E-state index contributed by atoms with van der Waals surface area (Å²) in [5.74, 6) is 1.25. The number of aromatic nitrogens is 1. The number of unbranched alkanes of at least 4 members (excludes halogenated alkanes) is 3. The number of halogens is 1. The van der Waals surface area contributed by atoms with E-state index in [9.17, 15) is 4.79 Å². The minimum Gasteiger partial charge on any atom is -0.322 e. The molecule has 0 bridgehead atoms. The van der Waals surface area contributed by atoms with Crippen molar-refractivity contribution in [2.75, 3.05) is 5.32 Å². The standard InChI is InChI=1S/C21H25BrN2O/c1-2-3-4-5-9-15-14-18(15)16-10-6-7-12-19(16)24-21(25)17-11-8-13-23-20(17)22/h6-8,10-13,15,18H,2-5,9,14H2,1H3,(H,24,25). The van der Waals surface area contributed by atoms with Gasteiger partial charge in [0.05, 0.1) is 5.56 Å². The van der Waals surface area contributed by atoms with Gasteiger partial charge in [-0.3, -0.25) is 4.79 Å². The van der Waals surface area contributed by atoms with Gasteiger partial charge in [0.1, 0.15) is 4.60 Å². The summed E-state index contributed by atoms with van der Waals surface area (Å²) in [4.78, 5) is 16.7. The third-order valence-electron chi connectivity index (χ3n) is 4.96. The van der Waals surface area contributed by atoms with Crippen LogP contribution >= 0.6 is 15.9 Å². The third kappa shape index (κ3) is 4.69. The average Bonchev–Trinajstić information content (AvgIpc) is 3.39. The molecular weight excluding hydrogens is 376 g/mol. The van der Waals surface area contributed by atoms with Crippen molar-refractivity contribution in [2.24, 2.45) is 5.92 Å². The number of anilines is 1. The van der Waals surface area contributed by atoms with Gasteiger partial charge >= 0.3 is 0 Å². The SMILES string of the molecule is CCCCCCC1CC1c1ccccc1NC(=O)c1cccnc1Br. The molecule has 0 saturated heterocycles. The number of amides is 1. The largest absolute Gasteiger partial charge is 0.322 e. The zero-order valence-electron chi connectivity index (χ0n) is 14.7. The molecule has 1 heterocycles. The van der Waals surface area contributed by atoms with Crippen LogP contribution in [0.1, 0.15) is 67.3 Å². The Labute approximate surface area is 158 Å². The Bertz CT molecular complexity index is 731. The lowest BCUT2D eigenvalue weighted by Crippen LogP contribution is -2.14. The Morgan fingerprint density at radius 2 is 2.04 bits per heavy atom. The van der Waals surface area contributed by atoms with Crippen molar-refractivity contribution >= 4 is 27.5 Å². The van der Waals surface area contributed by atoms with Crippen molar-refractivity contribution < 1.29 is 4.79 Å². The second kappa shape index (κ2) is 8.61. The molecule has 0 aliphatic heterocycles. The zero-order chi connectivity index (χ0) is 17.6. The van der Waals surface area contributed by atoms with Crippen molar-refractivity contribution in [3.63, 3.8) is 0 Å². The van der Waals surface area contributed by atoms with Gasteiger partial charge in [-0.2, -0.15) is 0 Å². The molecule has 3 nitrogen and oxygen atoms in total. The molecule has 1 aliphatic rings. The molecule has 132 valence electrons. The summed E-state index contributed by atoms with van der Waals surface area (Å²) in [5, 5.41) is 3.08. The van der Waals surface area contributed by atoms with Gasteiger partial charge in [-0.05, 0) is 64.4 Å². The molecule has 2 atom stereocenters. The summed E-state index contributed by atoms with van der Waals surface area (Å²) < 4.78 is 0.574. The predicted molar refractivity (Wildman–Crippen MR) is 106 cm³/mol. The van der Waals surface area contributed by atoms with Gasteiger partial charge in [-0.25, -0.2) is 4.98 Å².